The molecule has 0 N–H and O–H groups in total. The molecule has 58 valence electrons. The summed E-state index contributed by atoms with van der Waals surface area (Å²) in [7, 11) is 0. The van der Waals surface area contributed by atoms with E-state index >= 15 is 0 Å². The van der Waals surface area contributed by atoms with Gasteiger partial charge in [0.15, 0.2) is 0 Å². The number of hydrogen-bond donors (Lipinski definition) is 0. The Labute approximate surface area is 93.6 Å². The summed E-state index contributed by atoms with van der Waals surface area (Å²) in [5.41, 5.74) is 1.05. The molecule has 0 bridgehead atoms. The van der Waals surface area contributed by atoms with Crippen LogP contribution in [0.2, 0.25) is 0 Å². The Morgan fingerprint density at radius 1 is 1.33 bits per heavy atom. The molecule has 0 aromatic heterocycles. The fourth-order valence-electron chi connectivity index (χ4n) is 1.03. The van der Waals surface area contributed by atoms with Crippen molar-refractivity contribution < 1.29 is 39.1 Å². The van der Waals surface area contributed by atoms with E-state index in [1.165, 1.54) is 13.8 Å². The third-order valence-corrected chi connectivity index (χ3v) is 1.57. The summed E-state index contributed by atoms with van der Waals surface area (Å²) in [5, 5.41) is 0. The van der Waals surface area contributed by atoms with Gasteiger partial charge in [-0.1, -0.05) is 5.56 Å². The average molecular weight is 172 g/mol. The molecule has 0 spiro atoms. The first kappa shape index (κ1) is 11.7. The van der Waals surface area contributed by atoms with E-state index in [4.69, 9.17) is 0 Å². The molecule has 3 heteroatoms. The quantitative estimate of drug-likeness (QED) is 0.319. The number of rotatable bonds is 2. The van der Waals surface area contributed by atoms with Gasteiger partial charge in [0.2, 0.25) is 0 Å². The Bertz CT molecular complexity index is 271. The minimum atomic E-state index is -0.0554. The molecule has 2 nitrogen and oxygen atoms in total. The van der Waals surface area contributed by atoms with Crippen molar-refractivity contribution in [1.82, 2.24) is 0 Å². The van der Waals surface area contributed by atoms with Crippen LogP contribution in [0.3, 0.4) is 0 Å². The maximum atomic E-state index is 10.9. The maximum Gasteiger partial charge on any atom is 1.00 e. The van der Waals surface area contributed by atoms with Crippen molar-refractivity contribution in [1.29, 1.82) is 0 Å². The molecule has 0 amide bonds. The van der Waals surface area contributed by atoms with Crippen molar-refractivity contribution in [2.24, 2.45) is 0 Å². The molecule has 0 unspecified atom stereocenters. The molecule has 0 saturated heterocycles. The topological polar surface area (TPSA) is 34.1 Å². The predicted molar refractivity (Wildman–Crippen MR) is 42.0 cm³/mol. The van der Waals surface area contributed by atoms with Crippen LogP contribution in [0, 0.1) is 0 Å². The average Bonchev–Trinajstić information content (AvgIpc) is 2.32. The van der Waals surface area contributed by atoms with Crippen molar-refractivity contribution in [3.63, 3.8) is 0 Å². The third kappa shape index (κ3) is 2.34. The van der Waals surface area contributed by atoms with E-state index in [2.05, 4.69) is 0 Å². The smallest absolute Gasteiger partial charge is 0.352 e. The maximum absolute atomic E-state index is 10.9. The van der Waals surface area contributed by atoms with E-state index in [-0.39, 0.29) is 41.1 Å². The van der Waals surface area contributed by atoms with E-state index in [1.807, 2.05) is 0 Å². The van der Waals surface area contributed by atoms with Crippen molar-refractivity contribution in [3.05, 3.63) is 29.3 Å². The second-order valence-electron chi connectivity index (χ2n) is 2.47. The van der Waals surface area contributed by atoms with E-state index < -0.39 is 0 Å². The van der Waals surface area contributed by atoms with Gasteiger partial charge in [0.1, 0.15) is 5.78 Å². The number of carbonyl (C=O) groups is 2. The molecule has 0 aliphatic carbocycles. The molecule has 0 heterocycles. The van der Waals surface area contributed by atoms with Crippen LogP contribution in [0.4, 0.5) is 0 Å². The first-order valence-corrected chi connectivity index (χ1v) is 3.40. The molecule has 0 saturated carbocycles. The zero-order chi connectivity index (χ0) is 8.43. The van der Waals surface area contributed by atoms with Gasteiger partial charge in [0.05, 0.1) is 5.78 Å². The Morgan fingerprint density at radius 2 is 1.92 bits per heavy atom. The van der Waals surface area contributed by atoms with Crippen molar-refractivity contribution in [3.8, 4) is 0 Å². The Hall–Kier alpha value is -0.310. The summed E-state index contributed by atoms with van der Waals surface area (Å²) >= 11 is 0. The molecule has 0 aliphatic rings. The van der Waals surface area contributed by atoms with Crippen molar-refractivity contribution >= 4 is 11.6 Å². The molecule has 1 aromatic rings. The molecule has 1 rings (SSSR count). The first-order valence-electron chi connectivity index (χ1n) is 3.40. The summed E-state index contributed by atoms with van der Waals surface area (Å²) in [5.74, 6) is -0.111. The standard InChI is InChI=1S/C9H9O2.Na/c1-6(10)8-4-3-5-9(8)7(2)11;/h3-5H,1-2H3;/q-1;+1. The minimum absolute atomic E-state index is 0. The van der Waals surface area contributed by atoms with Crippen molar-refractivity contribution in [2.45, 2.75) is 13.8 Å². The van der Waals surface area contributed by atoms with Crippen LogP contribution < -0.4 is 29.6 Å². The largest absolute Gasteiger partial charge is 1.00 e. The zero-order valence-electron chi connectivity index (χ0n) is 7.55. The zero-order valence-corrected chi connectivity index (χ0v) is 9.55. The normalized spacial score (nSPS) is 8.83. The SMILES string of the molecule is CC(=O)c1ccc[c-]1C(C)=O.[Na+]. The molecule has 0 fully saturated rings. The molecule has 0 aliphatic heterocycles. The number of Topliss-reactive ketones (excluding diaryl/α,β-unsaturated/α-hetero) is 2. The number of carbonyl (C=O) groups excluding carboxylic acids is 2. The van der Waals surface area contributed by atoms with Gasteiger partial charge < -0.3 is 9.59 Å². The van der Waals surface area contributed by atoms with Crippen LogP contribution in [-0.2, 0) is 0 Å². The fourth-order valence-corrected chi connectivity index (χ4v) is 1.03. The predicted octanol–water partition coefficient (Wildman–Crippen LogP) is -1.19. The van der Waals surface area contributed by atoms with Crippen molar-refractivity contribution in [2.75, 3.05) is 0 Å². The second-order valence-corrected chi connectivity index (χ2v) is 2.47. The molecule has 1 aromatic carbocycles. The summed E-state index contributed by atoms with van der Waals surface area (Å²) < 4.78 is 0. The first-order chi connectivity index (χ1) is 5.13. The van der Waals surface area contributed by atoms with Gasteiger partial charge in [-0.25, -0.2) is 0 Å². The van der Waals surface area contributed by atoms with Gasteiger partial charge in [0, 0.05) is 0 Å². The van der Waals surface area contributed by atoms with E-state index in [0.29, 0.717) is 11.1 Å². The molecular formula is C9H9NaO2. The van der Waals surface area contributed by atoms with Gasteiger partial charge in [-0.2, -0.15) is 12.1 Å². The van der Waals surface area contributed by atoms with E-state index in [0.717, 1.165) is 0 Å². The van der Waals surface area contributed by atoms with Crippen LogP contribution in [0.25, 0.3) is 0 Å². The van der Waals surface area contributed by atoms with Gasteiger partial charge in [-0.15, -0.1) is 11.6 Å². The molecular weight excluding hydrogens is 163 g/mol. The number of ketones is 2. The van der Waals surface area contributed by atoms with Crippen LogP contribution >= 0.6 is 0 Å². The van der Waals surface area contributed by atoms with E-state index in [9.17, 15) is 9.59 Å². The Morgan fingerprint density at radius 3 is 2.25 bits per heavy atom. The monoisotopic (exact) mass is 172 g/mol. The molecule has 0 radical (unpaired) electrons. The molecule has 0 atom stereocenters. The van der Waals surface area contributed by atoms with Gasteiger partial charge in [-0.05, 0) is 13.8 Å². The third-order valence-electron chi connectivity index (χ3n) is 1.57. The fraction of sp³-hybridized carbons (Fsp3) is 0.222. The second kappa shape index (κ2) is 4.65. The summed E-state index contributed by atoms with van der Waals surface area (Å²) in [4.78, 5) is 21.8. The van der Waals surface area contributed by atoms with Crippen LogP contribution in [0.15, 0.2) is 18.2 Å². The number of hydrogen-bond acceptors (Lipinski definition) is 2. The van der Waals surface area contributed by atoms with Crippen LogP contribution in [0.1, 0.15) is 34.6 Å². The Balaban J connectivity index is 0.00000121. The van der Waals surface area contributed by atoms with Crippen LogP contribution in [-0.4, -0.2) is 11.6 Å². The summed E-state index contributed by atoms with van der Waals surface area (Å²) in [6.45, 7) is 2.92. The van der Waals surface area contributed by atoms with Crippen LogP contribution in [0.5, 0.6) is 0 Å². The summed E-state index contributed by atoms with van der Waals surface area (Å²) in [6, 6.07) is 5.05. The van der Waals surface area contributed by atoms with Gasteiger partial charge >= 0.3 is 29.6 Å². The molecule has 12 heavy (non-hydrogen) atoms. The van der Waals surface area contributed by atoms with Gasteiger partial charge in [-0.3, -0.25) is 0 Å². The minimum Gasteiger partial charge on any atom is -0.352 e. The Kier molecular flexibility index (Phi) is 4.53. The van der Waals surface area contributed by atoms with E-state index in [1.54, 1.807) is 18.2 Å². The van der Waals surface area contributed by atoms with Gasteiger partial charge in [0.25, 0.3) is 0 Å². The summed E-state index contributed by atoms with van der Waals surface area (Å²) in [6.07, 6.45) is 0.